The smallest absolute Gasteiger partial charge is 0.253 e. The van der Waals surface area contributed by atoms with E-state index in [0.717, 1.165) is 12.8 Å². The van der Waals surface area contributed by atoms with Crippen LogP contribution in [0, 0.1) is 0 Å². The van der Waals surface area contributed by atoms with Crippen LogP contribution in [0.25, 0.3) is 0 Å². The first-order chi connectivity index (χ1) is 9.63. The molecule has 3 N–H and O–H groups in total. The molecule has 0 bridgehead atoms. The molecule has 0 aliphatic carbocycles. The number of amides is 1. The highest BCUT2D eigenvalue weighted by Gasteiger charge is 2.28. The van der Waals surface area contributed by atoms with Gasteiger partial charge in [-0.15, -0.1) is 0 Å². The largest absolute Gasteiger partial charge is 0.486 e. The Morgan fingerprint density at radius 1 is 1.25 bits per heavy atom. The van der Waals surface area contributed by atoms with Crippen LogP contribution in [0.5, 0.6) is 11.5 Å². The number of nitrogens with two attached hydrogens (primary N) is 1. The molecule has 1 aromatic carbocycles. The van der Waals surface area contributed by atoms with Crippen LogP contribution in [-0.4, -0.2) is 31.3 Å². The second-order valence-corrected chi connectivity index (χ2v) is 5.09. The minimum Gasteiger partial charge on any atom is -0.486 e. The maximum atomic E-state index is 12.1. The van der Waals surface area contributed by atoms with Crippen molar-refractivity contribution in [3.63, 3.8) is 0 Å². The van der Waals surface area contributed by atoms with Crippen molar-refractivity contribution in [3.05, 3.63) is 12.1 Å². The SMILES string of the molecule is CC1CCC(C(=O)Nc2cc3c(cc2N)OCCO3)O1. The molecule has 1 saturated heterocycles. The van der Waals surface area contributed by atoms with Crippen molar-refractivity contribution in [2.45, 2.75) is 32.0 Å². The predicted molar refractivity (Wildman–Crippen MR) is 74.0 cm³/mol. The minimum atomic E-state index is -0.405. The first-order valence-corrected chi connectivity index (χ1v) is 6.79. The van der Waals surface area contributed by atoms with Gasteiger partial charge in [0.05, 0.1) is 17.5 Å². The Labute approximate surface area is 117 Å². The predicted octanol–water partition coefficient (Wildman–Crippen LogP) is 1.55. The van der Waals surface area contributed by atoms with Crippen molar-refractivity contribution in [3.8, 4) is 11.5 Å². The van der Waals surface area contributed by atoms with E-state index in [9.17, 15) is 4.79 Å². The van der Waals surface area contributed by atoms with Crippen LogP contribution >= 0.6 is 0 Å². The van der Waals surface area contributed by atoms with E-state index in [1.807, 2.05) is 6.92 Å². The van der Waals surface area contributed by atoms with Gasteiger partial charge in [-0.1, -0.05) is 0 Å². The molecule has 20 heavy (non-hydrogen) atoms. The number of carbonyl (C=O) groups is 1. The zero-order valence-corrected chi connectivity index (χ0v) is 11.3. The molecule has 2 aliphatic heterocycles. The lowest BCUT2D eigenvalue weighted by Crippen LogP contribution is -2.28. The van der Waals surface area contributed by atoms with E-state index in [-0.39, 0.29) is 12.0 Å². The Morgan fingerprint density at radius 2 is 1.95 bits per heavy atom. The Kier molecular flexibility index (Phi) is 3.40. The van der Waals surface area contributed by atoms with Gasteiger partial charge in [0.15, 0.2) is 11.5 Å². The van der Waals surface area contributed by atoms with Crippen molar-refractivity contribution < 1.29 is 19.0 Å². The summed E-state index contributed by atoms with van der Waals surface area (Å²) in [6, 6.07) is 3.36. The third kappa shape index (κ3) is 2.51. The van der Waals surface area contributed by atoms with E-state index in [1.54, 1.807) is 12.1 Å². The van der Waals surface area contributed by atoms with E-state index in [4.69, 9.17) is 19.9 Å². The van der Waals surface area contributed by atoms with E-state index < -0.39 is 6.10 Å². The number of rotatable bonds is 2. The summed E-state index contributed by atoms with van der Waals surface area (Å²) in [5.41, 5.74) is 6.91. The van der Waals surface area contributed by atoms with Gasteiger partial charge in [-0.05, 0) is 19.8 Å². The van der Waals surface area contributed by atoms with E-state index in [2.05, 4.69) is 5.32 Å². The lowest BCUT2D eigenvalue weighted by atomic mass is 10.2. The molecule has 1 amide bonds. The number of ether oxygens (including phenoxy) is 3. The van der Waals surface area contributed by atoms with Gasteiger partial charge < -0.3 is 25.3 Å². The molecule has 0 spiro atoms. The summed E-state index contributed by atoms with van der Waals surface area (Å²) in [6.45, 7) is 2.96. The van der Waals surface area contributed by atoms with Crippen molar-refractivity contribution in [1.29, 1.82) is 0 Å². The highest BCUT2D eigenvalue weighted by Crippen LogP contribution is 2.37. The number of nitrogen functional groups attached to an aromatic ring is 1. The number of hydrogen-bond acceptors (Lipinski definition) is 5. The number of fused-ring (bicyclic) bond motifs is 1. The Balaban J connectivity index is 1.75. The summed E-state index contributed by atoms with van der Waals surface area (Å²) in [7, 11) is 0. The number of hydrogen-bond donors (Lipinski definition) is 2. The van der Waals surface area contributed by atoms with Crippen molar-refractivity contribution in [1.82, 2.24) is 0 Å². The number of anilines is 2. The first-order valence-electron chi connectivity index (χ1n) is 6.79. The van der Waals surface area contributed by atoms with Crippen LogP contribution in [-0.2, 0) is 9.53 Å². The molecule has 0 radical (unpaired) electrons. The summed E-state index contributed by atoms with van der Waals surface area (Å²) in [5.74, 6) is 1.04. The number of nitrogens with one attached hydrogen (secondary N) is 1. The minimum absolute atomic E-state index is 0.128. The number of benzene rings is 1. The number of carbonyl (C=O) groups excluding carboxylic acids is 1. The summed E-state index contributed by atoms with van der Waals surface area (Å²) in [4.78, 5) is 12.1. The highest BCUT2D eigenvalue weighted by molar-refractivity contribution is 5.97. The summed E-state index contributed by atoms with van der Waals surface area (Å²) in [6.07, 6.45) is 1.35. The average Bonchev–Trinajstić information content (AvgIpc) is 2.86. The molecule has 2 unspecified atom stereocenters. The third-order valence-electron chi connectivity index (χ3n) is 3.50. The molecule has 1 aromatic rings. The van der Waals surface area contributed by atoms with Crippen LogP contribution < -0.4 is 20.5 Å². The van der Waals surface area contributed by atoms with Crippen LogP contribution in [0.3, 0.4) is 0 Å². The van der Waals surface area contributed by atoms with Crippen LogP contribution in [0.1, 0.15) is 19.8 Å². The zero-order chi connectivity index (χ0) is 14.1. The van der Waals surface area contributed by atoms with Gasteiger partial charge in [0, 0.05) is 12.1 Å². The van der Waals surface area contributed by atoms with Crippen LogP contribution in [0.2, 0.25) is 0 Å². The second kappa shape index (κ2) is 5.20. The summed E-state index contributed by atoms with van der Waals surface area (Å²) in [5, 5.41) is 2.80. The van der Waals surface area contributed by atoms with Gasteiger partial charge in [-0.2, -0.15) is 0 Å². The van der Waals surface area contributed by atoms with Crippen LogP contribution in [0.4, 0.5) is 11.4 Å². The normalized spacial score (nSPS) is 24.4. The quantitative estimate of drug-likeness (QED) is 0.802. The Bertz CT molecular complexity index is 532. The van der Waals surface area contributed by atoms with Gasteiger partial charge in [0.25, 0.3) is 5.91 Å². The molecule has 108 valence electrons. The fourth-order valence-electron chi connectivity index (χ4n) is 2.42. The molecular formula is C14H18N2O4. The Morgan fingerprint density at radius 3 is 2.60 bits per heavy atom. The Hall–Kier alpha value is -1.95. The lowest BCUT2D eigenvalue weighted by molar-refractivity contribution is -0.126. The second-order valence-electron chi connectivity index (χ2n) is 5.09. The van der Waals surface area contributed by atoms with Crippen LogP contribution in [0.15, 0.2) is 12.1 Å². The summed E-state index contributed by atoms with van der Waals surface area (Å²) < 4.78 is 16.5. The van der Waals surface area contributed by atoms with E-state index in [0.29, 0.717) is 36.1 Å². The molecule has 0 aromatic heterocycles. The topological polar surface area (TPSA) is 82.8 Å². The van der Waals surface area contributed by atoms with E-state index in [1.165, 1.54) is 0 Å². The van der Waals surface area contributed by atoms with Gasteiger partial charge in [-0.25, -0.2) is 0 Å². The molecule has 3 rings (SSSR count). The fourth-order valence-corrected chi connectivity index (χ4v) is 2.42. The average molecular weight is 278 g/mol. The van der Waals surface area contributed by atoms with Gasteiger partial charge >= 0.3 is 0 Å². The molecule has 0 saturated carbocycles. The lowest BCUT2D eigenvalue weighted by Gasteiger charge is -2.21. The molecule has 6 nitrogen and oxygen atoms in total. The zero-order valence-electron chi connectivity index (χ0n) is 11.3. The monoisotopic (exact) mass is 278 g/mol. The molecule has 2 atom stereocenters. The van der Waals surface area contributed by atoms with Gasteiger partial charge in [-0.3, -0.25) is 4.79 Å². The van der Waals surface area contributed by atoms with E-state index >= 15 is 0 Å². The molecule has 6 heteroatoms. The van der Waals surface area contributed by atoms with Crippen molar-refractivity contribution >= 4 is 17.3 Å². The summed E-state index contributed by atoms with van der Waals surface area (Å²) >= 11 is 0. The van der Waals surface area contributed by atoms with Crippen molar-refractivity contribution in [2.24, 2.45) is 0 Å². The molecule has 2 heterocycles. The molecule has 2 aliphatic rings. The highest BCUT2D eigenvalue weighted by atomic mass is 16.6. The van der Waals surface area contributed by atoms with Gasteiger partial charge in [0.1, 0.15) is 19.3 Å². The fraction of sp³-hybridized carbons (Fsp3) is 0.500. The maximum Gasteiger partial charge on any atom is 0.253 e. The standard InChI is InChI=1S/C14H18N2O4/c1-8-2-3-11(20-8)14(17)16-10-7-13-12(6-9(10)15)18-4-5-19-13/h6-8,11H,2-5,15H2,1H3,(H,16,17). The molecular weight excluding hydrogens is 260 g/mol. The van der Waals surface area contributed by atoms with Crippen molar-refractivity contribution in [2.75, 3.05) is 24.3 Å². The maximum absolute atomic E-state index is 12.1. The first kappa shape index (κ1) is 13.1. The third-order valence-corrected chi connectivity index (χ3v) is 3.50. The van der Waals surface area contributed by atoms with Gasteiger partial charge in [0.2, 0.25) is 0 Å². The molecule has 1 fully saturated rings.